The van der Waals surface area contributed by atoms with Crippen LogP contribution in [0.3, 0.4) is 0 Å². The molecule has 2 aromatic carbocycles. The van der Waals surface area contributed by atoms with Crippen molar-refractivity contribution >= 4 is 40.0 Å². The largest absolute Gasteiger partial charge is 0.356 e. The van der Waals surface area contributed by atoms with E-state index in [0.29, 0.717) is 10.6 Å². The van der Waals surface area contributed by atoms with Gasteiger partial charge < -0.3 is 9.88 Å². The van der Waals surface area contributed by atoms with E-state index in [1.54, 1.807) is 6.07 Å². The van der Waals surface area contributed by atoms with Gasteiger partial charge in [0.25, 0.3) is 5.91 Å². The van der Waals surface area contributed by atoms with Crippen LogP contribution in [0.2, 0.25) is 10.0 Å². The summed E-state index contributed by atoms with van der Waals surface area (Å²) in [6.07, 6.45) is 6.32. The van der Waals surface area contributed by atoms with Crippen molar-refractivity contribution < 1.29 is 4.79 Å². The maximum Gasteiger partial charge on any atom is 0.254 e. The standard InChI is InChI=1S/C23H22Cl2N2O/c24-16-6-4-5-15(13-16)22(28)27-12-9-18-19-14-17(25)7-8-20(19)26-21(18)23(27)10-2-1-3-11-23/h4-8,13-14,26H,1-3,9-12H2. The van der Waals surface area contributed by atoms with Crippen molar-refractivity contribution in [2.75, 3.05) is 6.54 Å². The number of amides is 1. The topological polar surface area (TPSA) is 36.1 Å². The first kappa shape index (κ1) is 18.1. The van der Waals surface area contributed by atoms with E-state index in [4.69, 9.17) is 23.2 Å². The van der Waals surface area contributed by atoms with E-state index in [1.165, 1.54) is 23.1 Å². The summed E-state index contributed by atoms with van der Waals surface area (Å²) >= 11 is 12.4. The number of aromatic nitrogens is 1. The normalized spacial score (nSPS) is 18.4. The number of hydrogen-bond acceptors (Lipinski definition) is 1. The molecule has 1 N–H and O–H groups in total. The van der Waals surface area contributed by atoms with Crippen LogP contribution >= 0.6 is 23.2 Å². The monoisotopic (exact) mass is 412 g/mol. The highest BCUT2D eigenvalue weighted by atomic mass is 35.5. The van der Waals surface area contributed by atoms with Gasteiger partial charge in [0, 0.05) is 38.8 Å². The van der Waals surface area contributed by atoms with Crippen LogP contribution in [0.4, 0.5) is 0 Å². The summed E-state index contributed by atoms with van der Waals surface area (Å²) in [7, 11) is 0. The van der Waals surface area contributed by atoms with Gasteiger partial charge in [-0.15, -0.1) is 0 Å². The third-order valence-electron chi connectivity index (χ3n) is 6.43. The number of H-pyrrole nitrogens is 1. The molecule has 1 spiro atoms. The first-order chi connectivity index (χ1) is 13.6. The van der Waals surface area contributed by atoms with Gasteiger partial charge >= 0.3 is 0 Å². The highest BCUT2D eigenvalue weighted by Crippen LogP contribution is 2.48. The number of benzene rings is 2. The first-order valence-electron chi connectivity index (χ1n) is 9.97. The lowest BCUT2D eigenvalue weighted by atomic mass is 9.73. The van der Waals surface area contributed by atoms with Crippen LogP contribution < -0.4 is 0 Å². The molecule has 3 aromatic rings. The summed E-state index contributed by atoms with van der Waals surface area (Å²) in [4.78, 5) is 19.3. The van der Waals surface area contributed by atoms with Crippen LogP contribution in [0, 0.1) is 0 Å². The molecule has 0 bridgehead atoms. The molecule has 2 heterocycles. The number of fused-ring (bicyclic) bond motifs is 4. The first-order valence-corrected chi connectivity index (χ1v) is 10.7. The lowest BCUT2D eigenvalue weighted by Crippen LogP contribution is -2.54. The number of carbonyl (C=O) groups is 1. The number of hydrogen-bond donors (Lipinski definition) is 1. The zero-order valence-corrected chi connectivity index (χ0v) is 17.1. The molecule has 28 heavy (non-hydrogen) atoms. The van der Waals surface area contributed by atoms with Crippen molar-refractivity contribution in [3.05, 3.63) is 69.3 Å². The fourth-order valence-electron chi connectivity index (χ4n) is 5.18. The van der Waals surface area contributed by atoms with Crippen LogP contribution in [0.1, 0.15) is 53.7 Å². The second-order valence-corrected chi connectivity index (χ2v) is 8.85. The van der Waals surface area contributed by atoms with Gasteiger partial charge in [-0.05, 0) is 61.2 Å². The van der Waals surface area contributed by atoms with E-state index in [0.717, 1.165) is 49.2 Å². The molecule has 1 aliphatic heterocycles. The van der Waals surface area contributed by atoms with Crippen molar-refractivity contribution in [1.82, 2.24) is 9.88 Å². The molecule has 1 fully saturated rings. The average molecular weight is 413 g/mol. The van der Waals surface area contributed by atoms with Crippen LogP contribution in [0.15, 0.2) is 42.5 Å². The lowest BCUT2D eigenvalue weighted by Gasteiger charge is -2.49. The molecule has 0 saturated heterocycles. The van der Waals surface area contributed by atoms with E-state index in [2.05, 4.69) is 22.0 Å². The second kappa shape index (κ2) is 6.82. The number of halogens is 2. The number of aromatic amines is 1. The Hall–Kier alpha value is -1.97. The Morgan fingerprint density at radius 3 is 2.57 bits per heavy atom. The minimum atomic E-state index is -0.267. The molecule has 1 saturated carbocycles. The maximum atomic E-state index is 13.5. The highest BCUT2D eigenvalue weighted by molar-refractivity contribution is 6.31. The van der Waals surface area contributed by atoms with Crippen molar-refractivity contribution in [1.29, 1.82) is 0 Å². The smallest absolute Gasteiger partial charge is 0.254 e. The molecule has 3 nitrogen and oxygen atoms in total. The number of nitrogens with zero attached hydrogens (tertiary/aromatic N) is 1. The fourth-order valence-corrected chi connectivity index (χ4v) is 5.54. The average Bonchev–Trinajstić information content (AvgIpc) is 3.08. The molecule has 0 atom stereocenters. The molecule has 1 aliphatic carbocycles. The molecule has 1 aromatic heterocycles. The number of rotatable bonds is 1. The van der Waals surface area contributed by atoms with Crippen LogP contribution in [-0.2, 0) is 12.0 Å². The molecule has 5 heteroatoms. The van der Waals surface area contributed by atoms with Gasteiger partial charge in [-0.3, -0.25) is 4.79 Å². The summed E-state index contributed by atoms with van der Waals surface area (Å²) in [5.74, 6) is 0.0757. The van der Waals surface area contributed by atoms with Gasteiger partial charge in [0.1, 0.15) is 0 Å². The highest BCUT2D eigenvalue weighted by Gasteiger charge is 2.47. The third-order valence-corrected chi connectivity index (χ3v) is 6.90. The summed E-state index contributed by atoms with van der Waals surface area (Å²) in [5, 5.41) is 2.55. The molecular formula is C23H22Cl2N2O. The zero-order chi connectivity index (χ0) is 19.3. The lowest BCUT2D eigenvalue weighted by molar-refractivity contribution is 0.0252. The summed E-state index contributed by atoms with van der Waals surface area (Å²) in [6, 6.07) is 13.3. The van der Waals surface area contributed by atoms with Gasteiger partial charge in [-0.1, -0.05) is 48.5 Å². The SMILES string of the molecule is O=C(c1cccc(Cl)c1)N1CCc2c([nH]c3ccc(Cl)cc23)C12CCCCC2. The zero-order valence-electron chi connectivity index (χ0n) is 15.6. The molecule has 0 unspecified atom stereocenters. The van der Waals surface area contributed by atoms with Gasteiger partial charge in [-0.25, -0.2) is 0 Å². The minimum absolute atomic E-state index is 0.0757. The summed E-state index contributed by atoms with van der Waals surface area (Å²) in [6.45, 7) is 0.720. The van der Waals surface area contributed by atoms with Gasteiger partial charge in [0.15, 0.2) is 0 Å². The minimum Gasteiger partial charge on any atom is -0.356 e. The summed E-state index contributed by atoms with van der Waals surface area (Å²) < 4.78 is 0. The van der Waals surface area contributed by atoms with E-state index in [9.17, 15) is 4.79 Å². The molecular weight excluding hydrogens is 391 g/mol. The predicted molar refractivity (Wildman–Crippen MR) is 114 cm³/mol. The molecule has 144 valence electrons. The van der Waals surface area contributed by atoms with Gasteiger partial charge in [0.2, 0.25) is 0 Å². The van der Waals surface area contributed by atoms with Crippen molar-refractivity contribution in [3.8, 4) is 0 Å². The Morgan fingerprint density at radius 1 is 1.00 bits per heavy atom. The van der Waals surface area contributed by atoms with Crippen molar-refractivity contribution in [2.24, 2.45) is 0 Å². The van der Waals surface area contributed by atoms with Gasteiger partial charge in [-0.2, -0.15) is 0 Å². The van der Waals surface area contributed by atoms with Gasteiger partial charge in [0.05, 0.1) is 5.54 Å². The quantitative estimate of drug-likeness (QED) is 0.497. The van der Waals surface area contributed by atoms with E-state index < -0.39 is 0 Å². The second-order valence-electron chi connectivity index (χ2n) is 7.98. The van der Waals surface area contributed by atoms with Crippen LogP contribution in [0.25, 0.3) is 10.9 Å². The molecule has 2 aliphatic rings. The third kappa shape index (κ3) is 2.75. The Labute approximate surface area is 174 Å². The Balaban J connectivity index is 1.66. The fraction of sp³-hybridized carbons (Fsp3) is 0.348. The molecule has 1 amide bonds. The van der Waals surface area contributed by atoms with Crippen LogP contribution in [-0.4, -0.2) is 22.3 Å². The Kier molecular flexibility index (Phi) is 4.41. The number of carbonyl (C=O) groups excluding carboxylic acids is 1. The van der Waals surface area contributed by atoms with Crippen molar-refractivity contribution in [2.45, 2.75) is 44.1 Å². The Morgan fingerprint density at radius 2 is 1.79 bits per heavy atom. The maximum absolute atomic E-state index is 13.5. The van der Waals surface area contributed by atoms with Crippen molar-refractivity contribution in [3.63, 3.8) is 0 Å². The summed E-state index contributed by atoms with van der Waals surface area (Å²) in [5.41, 5.74) is 4.05. The van der Waals surface area contributed by atoms with E-state index >= 15 is 0 Å². The van der Waals surface area contributed by atoms with Crippen LogP contribution in [0.5, 0.6) is 0 Å². The van der Waals surface area contributed by atoms with E-state index in [-0.39, 0.29) is 11.4 Å². The molecule has 5 rings (SSSR count). The van der Waals surface area contributed by atoms with E-state index in [1.807, 2.05) is 24.3 Å². The molecule has 0 radical (unpaired) electrons. The Bertz CT molecular complexity index is 1070. The number of nitrogens with one attached hydrogen (secondary N) is 1. The predicted octanol–water partition coefficient (Wildman–Crippen LogP) is 6.33.